The maximum Gasteiger partial charge on any atom is 0.214 e. The summed E-state index contributed by atoms with van der Waals surface area (Å²) >= 11 is 0. The van der Waals surface area contributed by atoms with Crippen LogP contribution in [0.2, 0.25) is 0 Å². The van der Waals surface area contributed by atoms with Crippen molar-refractivity contribution in [1.29, 1.82) is 0 Å². The van der Waals surface area contributed by atoms with Gasteiger partial charge in [0, 0.05) is 24.5 Å². The second kappa shape index (κ2) is 6.78. The average molecular weight is 256 g/mol. The van der Waals surface area contributed by atoms with Crippen molar-refractivity contribution in [3.8, 4) is 5.88 Å². The molecule has 0 radical (unpaired) electrons. The fraction of sp³-hybridized carbons (Fsp3) is 0.312. The summed E-state index contributed by atoms with van der Waals surface area (Å²) in [5.41, 5.74) is 2.43. The molecule has 100 valence electrons. The van der Waals surface area contributed by atoms with Gasteiger partial charge in [0.05, 0.1) is 7.11 Å². The lowest BCUT2D eigenvalue weighted by Gasteiger charge is -2.13. The van der Waals surface area contributed by atoms with E-state index >= 15 is 0 Å². The first-order chi connectivity index (χ1) is 9.29. The summed E-state index contributed by atoms with van der Waals surface area (Å²) in [4.78, 5) is 4.09. The number of anilines is 1. The van der Waals surface area contributed by atoms with Crippen LogP contribution in [0.3, 0.4) is 0 Å². The fourth-order valence-electron chi connectivity index (χ4n) is 2.01. The molecular weight excluding hydrogens is 236 g/mol. The van der Waals surface area contributed by atoms with E-state index in [4.69, 9.17) is 4.74 Å². The number of nitrogens with zero attached hydrogens (tertiary/aromatic N) is 1. The lowest BCUT2D eigenvalue weighted by molar-refractivity contribution is 0.398. The van der Waals surface area contributed by atoms with Crippen molar-refractivity contribution in [2.45, 2.75) is 19.3 Å². The molecule has 1 heterocycles. The lowest BCUT2D eigenvalue weighted by atomic mass is 9.98. The van der Waals surface area contributed by atoms with Gasteiger partial charge in [0.1, 0.15) is 0 Å². The van der Waals surface area contributed by atoms with Gasteiger partial charge in [0.2, 0.25) is 5.88 Å². The van der Waals surface area contributed by atoms with Gasteiger partial charge in [0.15, 0.2) is 0 Å². The number of benzene rings is 1. The van der Waals surface area contributed by atoms with E-state index in [1.54, 1.807) is 13.3 Å². The molecule has 1 N–H and O–H groups in total. The van der Waals surface area contributed by atoms with Crippen molar-refractivity contribution in [2.24, 2.45) is 0 Å². The molecule has 0 spiro atoms. The van der Waals surface area contributed by atoms with Gasteiger partial charge >= 0.3 is 0 Å². The molecule has 0 saturated heterocycles. The molecule has 0 aliphatic carbocycles. The Morgan fingerprint density at radius 1 is 1.21 bits per heavy atom. The standard InChI is InChI=1S/C16H20N2O/c1-13(14-6-4-3-5-7-14)8-10-17-15-9-11-18-16(12-15)19-2/h3-7,9,11-13H,8,10H2,1-2H3,(H,17,18). The number of hydrogen-bond acceptors (Lipinski definition) is 3. The minimum atomic E-state index is 0.553. The quantitative estimate of drug-likeness (QED) is 0.855. The molecule has 3 nitrogen and oxygen atoms in total. The number of nitrogens with one attached hydrogen (secondary N) is 1. The van der Waals surface area contributed by atoms with Crippen molar-refractivity contribution in [3.05, 3.63) is 54.2 Å². The first-order valence-electron chi connectivity index (χ1n) is 6.58. The highest BCUT2D eigenvalue weighted by Crippen LogP contribution is 2.19. The number of rotatable bonds is 6. The van der Waals surface area contributed by atoms with E-state index in [1.807, 2.05) is 12.1 Å². The predicted octanol–water partition coefficient (Wildman–Crippen LogP) is 3.70. The predicted molar refractivity (Wildman–Crippen MR) is 78.8 cm³/mol. The molecule has 1 atom stereocenters. The van der Waals surface area contributed by atoms with E-state index in [1.165, 1.54) is 5.56 Å². The van der Waals surface area contributed by atoms with E-state index in [0.717, 1.165) is 18.7 Å². The Balaban J connectivity index is 1.83. The number of methoxy groups -OCH3 is 1. The second-order valence-electron chi connectivity index (χ2n) is 4.61. The molecule has 0 aliphatic heterocycles. The zero-order valence-electron chi connectivity index (χ0n) is 11.5. The maximum atomic E-state index is 5.10. The molecule has 0 amide bonds. The van der Waals surface area contributed by atoms with Crippen molar-refractivity contribution in [2.75, 3.05) is 19.0 Å². The Hall–Kier alpha value is -2.03. The normalized spacial score (nSPS) is 11.9. The second-order valence-corrected chi connectivity index (χ2v) is 4.61. The van der Waals surface area contributed by atoms with E-state index in [-0.39, 0.29) is 0 Å². The molecule has 2 rings (SSSR count). The Morgan fingerprint density at radius 2 is 2.00 bits per heavy atom. The minimum absolute atomic E-state index is 0.553. The van der Waals surface area contributed by atoms with Crippen LogP contribution in [0.4, 0.5) is 5.69 Å². The summed E-state index contributed by atoms with van der Waals surface area (Å²) in [6.45, 7) is 3.19. The summed E-state index contributed by atoms with van der Waals surface area (Å²) in [7, 11) is 1.63. The van der Waals surface area contributed by atoms with E-state index in [2.05, 4.69) is 47.6 Å². The van der Waals surface area contributed by atoms with Gasteiger partial charge in [0.25, 0.3) is 0 Å². The zero-order valence-corrected chi connectivity index (χ0v) is 11.5. The van der Waals surface area contributed by atoms with Crippen molar-refractivity contribution in [1.82, 2.24) is 4.98 Å². The third-order valence-corrected chi connectivity index (χ3v) is 3.22. The van der Waals surface area contributed by atoms with Gasteiger partial charge in [-0.3, -0.25) is 0 Å². The average Bonchev–Trinajstić information content (AvgIpc) is 2.48. The molecule has 0 fully saturated rings. The van der Waals surface area contributed by atoms with Crippen LogP contribution in [-0.2, 0) is 0 Å². The smallest absolute Gasteiger partial charge is 0.214 e. The SMILES string of the molecule is COc1cc(NCCC(C)c2ccccc2)ccn1. The Bertz CT molecular complexity index is 499. The molecule has 1 aromatic carbocycles. The molecule has 3 heteroatoms. The van der Waals surface area contributed by atoms with Crippen LogP contribution in [-0.4, -0.2) is 18.6 Å². The van der Waals surface area contributed by atoms with E-state index in [9.17, 15) is 0 Å². The monoisotopic (exact) mass is 256 g/mol. The lowest BCUT2D eigenvalue weighted by Crippen LogP contribution is -2.06. The summed E-state index contributed by atoms with van der Waals surface area (Å²) in [5.74, 6) is 1.19. The molecule has 0 saturated carbocycles. The Labute approximate surface area is 114 Å². The summed E-state index contributed by atoms with van der Waals surface area (Å²) in [6, 6.07) is 14.5. The van der Waals surface area contributed by atoms with Gasteiger partial charge in [-0.15, -0.1) is 0 Å². The Morgan fingerprint density at radius 3 is 2.74 bits per heavy atom. The first-order valence-corrected chi connectivity index (χ1v) is 6.58. The third kappa shape index (κ3) is 3.98. The highest BCUT2D eigenvalue weighted by Gasteiger charge is 2.04. The largest absolute Gasteiger partial charge is 0.481 e. The molecule has 0 bridgehead atoms. The van der Waals surface area contributed by atoms with Crippen LogP contribution < -0.4 is 10.1 Å². The molecule has 1 unspecified atom stereocenters. The number of aromatic nitrogens is 1. The van der Waals surface area contributed by atoms with Gasteiger partial charge in [-0.1, -0.05) is 37.3 Å². The summed E-state index contributed by atoms with van der Waals surface area (Å²) in [6.07, 6.45) is 2.84. The van der Waals surface area contributed by atoms with Gasteiger partial charge in [-0.25, -0.2) is 4.98 Å². The molecule has 0 aliphatic rings. The molecule has 1 aromatic heterocycles. The Kier molecular flexibility index (Phi) is 4.78. The molecule has 2 aromatic rings. The number of ether oxygens (including phenoxy) is 1. The fourth-order valence-corrected chi connectivity index (χ4v) is 2.01. The first kappa shape index (κ1) is 13.4. The van der Waals surface area contributed by atoms with Gasteiger partial charge in [-0.2, -0.15) is 0 Å². The number of hydrogen-bond donors (Lipinski definition) is 1. The minimum Gasteiger partial charge on any atom is -0.481 e. The summed E-state index contributed by atoms with van der Waals surface area (Å²) < 4.78 is 5.10. The van der Waals surface area contributed by atoms with Crippen LogP contribution in [0.5, 0.6) is 5.88 Å². The van der Waals surface area contributed by atoms with Crippen LogP contribution in [0, 0.1) is 0 Å². The highest BCUT2D eigenvalue weighted by molar-refractivity contribution is 5.44. The van der Waals surface area contributed by atoms with Crippen LogP contribution >= 0.6 is 0 Å². The van der Waals surface area contributed by atoms with Gasteiger partial charge in [-0.05, 0) is 24.0 Å². The van der Waals surface area contributed by atoms with Crippen LogP contribution in [0.1, 0.15) is 24.8 Å². The van der Waals surface area contributed by atoms with Crippen molar-refractivity contribution in [3.63, 3.8) is 0 Å². The molecule has 19 heavy (non-hydrogen) atoms. The van der Waals surface area contributed by atoms with Gasteiger partial charge < -0.3 is 10.1 Å². The topological polar surface area (TPSA) is 34.1 Å². The van der Waals surface area contributed by atoms with Crippen LogP contribution in [0.15, 0.2) is 48.7 Å². The van der Waals surface area contributed by atoms with Crippen LogP contribution in [0.25, 0.3) is 0 Å². The van der Waals surface area contributed by atoms with Crippen molar-refractivity contribution >= 4 is 5.69 Å². The third-order valence-electron chi connectivity index (χ3n) is 3.22. The highest BCUT2D eigenvalue weighted by atomic mass is 16.5. The maximum absolute atomic E-state index is 5.10. The molecular formula is C16H20N2O. The number of pyridine rings is 1. The zero-order chi connectivity index (χ0) is 13.5. The van der Waals surface area contributed by atoms with Crippen molar-refractivity contribution < 1.29 is 4.74 Å². The van der Waals surface area contributed by atoms with E-state index in [0.29, 0.717) is 11.8 Å². The van der Waals surface area contributed by atoms with E-state index < -0.39 is 0 Å². The summed E-state index contributed by atoms with van der Waals surface area (Å²) in [5, 5.41) is 3.40.